The highest BCUT2D eigenvalue weighted by molar-refractivity contribution is 5.89. The van der Waals surface area contributed by atoms with Crippen LogP contribution < -0.4 is 5.82 Å². The Morgan fingerprint density at radius 3 is 2.55 bits per heavy atom. The number of unbranched alkanes of at least 4 members (excludes halogenated alkanes) is 1. The van der Waals surface area contributed by atoms with Crippen LogP contribution in [0.1, 0.15) is 52.0 Å². The number of hydrogen-bond acceptors (Lipinski definition) is 8. The van der Waals surface area contributed by atoms with E-state index in [1.54, 1.807) is 0 Å². The predicted octanol–water partition coefficient (Wildman–Crippen LogP) is 1.91. The van der Waals surface area contributed by atoms with Crippen LogP contribution in [0.25, 0.3) is 0 Å². The molecule has 0 aliphatic carbocycles. The first-order valence-electron chi connectivity index (χ1n) is 6.88. The second-order valence-corrected chi connectivity index (χ2v) is 4.77. The van der Waals surface area contributed by atoms with Gasteiger partial charge in [0.15, 0.2) is 12.2 Å². The van der Waals surface area contributed by atoms with Gasteiger partial charge in [0.25, 0.3) is 5.89 Å². The maximum Gasteiger partial charge on any atom is 0.542 e. The van der Waals surface area contributed by atoms with E-state index in [1.807, 2.05) is 6.92 Å². The molecular weight excluding hydrogens is 294 g/mol. The molecular formula is C14H19NO7. The maximum atomic E-state index is 11.9. The Morgan fingerprint density at radius 2 is 2.05 bits per heavy atom. The maximum absolute atomic E-state index is 11.9. The van der Waals surface area contributed by atoms with Gasteiger partial charge in [0, 0.05) is 5.57 Å². The number of rotatable bonds is 8. The van der Waals surface area contributed by atoms with Gasteiger partial charge in [0.05, 0.1) is 0 Å². The zero-order valence-corrected chi connectivity index (χ0v) is 12.8. The summed E-state index contributed by atoms with van der Waals surface area (Å²) < 4.78 is 19.1. The lowest BCUT2D eigenvalue weighted by atomic mass is 10.1. The van der Waals surface area contributed by atoms with Crippen LogP contribution in [0.2, 0.25) is 0 Å². The molecule has 22 heavy (non-hydrogen) atoms. The Bertz CT molecular complexity index is 586. The number of hydrogen-bond donors (Lipinski definition) is 0. The van der Waals surface area contributed by atoms with Crippen LogP contribution in [-0.2, 0) is 19.1 Å². The standard InChI is InChI=1S/C14H19NO7/c1-5-6-7-10(11-15-22-14(18)21-11)20-13(17)9(4)19-12(16)8(2)3/h9-10H,2,5-7H2,1,3-4H3. The van der Waals surface area contributed by atoms with E-state index >= 15 is 0 Å². The minimum atomic E-state index is -1.12. The Labute approximate surface area is 127 Å². The third-order valence-corrected chi connectivity index (χ3v) is 2.72. The third-order valence-electron chi connectivity index (χ3n) is 2.72. The number of carbonyl (C=O) groups is 2. The van der Waals surface area contributed by atoms with Crippen molar-refractivity contribution >= 4 is 11.9 Å². The van der Waals surface area contributed by atoms with Gasteiger partial charge >= 0.3 is 17.8 Å². The van der Waals surface area contributed by atoms with Crippen LogP contribution in [0.3, 0.4) is 0 Å². The van der Waals surface area contributed by atoms with Crippen molar-refractivity contribution in [3.63, 3.8) is 0 Å². The smallest absolute Gasteiger partial charge is 0.449 e. The van der Waals surface area contributed by atoms with Crippen molar-refractivity contribution in [1.82, 2.24) is 5.16 Å². The molecule has 0 bridgehead atoms. The molecule has 0 N–H and O–H groups in total. The second kappa shape index (κ2) is 8.16. The summed E-state index contributed by atoms with van der Waals surface area (Å²) in [5.41, 5.74) is 0.171. The fourth-order valence-electron chi connectivity index (χ4n) is 1.50. The lowest BCUT2D eigenvalue weighted by Gasteiger charge is -2.17. The van der Waals surface area contributed by atoms with E-state index in [2.05, 4.69) is 16.3 Å². The number of esters is 2. The molecule has 0 aliphatic heterocycles. The quantitative estimate of drug-likeness (QED) is 0.529. The van der Waals surface area contributed by atoms with Gasteiger partial charge in [-0.25, -0.2) is 14.4 Å². The molecule has 8 nitrogen and oxygen atoms in total. The van der Waals surface area contributed by atoms with E-state index in [-0.39, 0.29) is 11.5 Å². The van der Waals surface area contributed by atoms with E-state index in [4.69, 9.17) is 13.9 Å². The number of aromatic nitrogens is 1. The van der Waals surface area contributed by atoms with Crippen LogP contribution in [-0.4, -0.2) is 23.2 Å². The first kappa shape index (κ1) is 17.7. The average molecular weight is 313 g/mol. The molecule has 0 saturated heterocycles. The van der Waals surface area contributed by atoms with E-state index in [9.17, 15) is 14.4 Å². The molecule has 2 atom stereocenters. The molecule has 0 aliphatic rings. The molecule has 8 heteroatoms. The molecule has 1 aromatic heterocycles. The SMILES string of the molecule is C=C(C)C(=O)OC(C)C(=O)OC(CCCC)c1noc(=O)o1. The van der Waals surface area contributed by atoms with Crippen LogP contribution in [0.15, 0.2) is 25.9 Å². The van der Waals surface area contributed by atoms with Crippen LogP contribution in [0.5, 0.6) is 0 Å². The Morgan fingerprint density at radius 1 is 1.36 bits per heavy atom. The highest BCUT2D eigenvalue weighted by atomic mass is 16.6. The molecule has 0 aromatic carbocycles. The summed E-state index contributed by atoms with van der Waals surface area (Å²) in [6.45, 7) is 8.21. The summed E-state index contributed by atoms with van der Waals surface area (Å²) in [6, 6.07) is 0. The molecule has 122 valence electrons. The van der Waals surface area contributed by atoms with Crippen molar-refractivity contribution in [3.8, 4) is 0 Å². The fraction of sp³-hybridized carbons (Fsp3) is 0.571. The van der Waals surface area contributed by atoms with Crippen molar-refractivity contribution in [2.45, 2.75) is 52.2 Å². The molecule has 1 aromatic rings. The van der Waals surface area contributed by atoms with E-state index in [1.165, 1.54) is 13.8 Å². The van der Waals surface area contributed by atoms with Crippen molar-refractivity contribution in [1.29, 1.82) is 0 Å². The van der Waals surface area contributed by atoms with Crippen LogP contribution >= 0.6 is 0 Å². The lowest BCUT2D eigenvalue weighted by molar-refractivity contribution is -0.169. The molecule has 0 saturated carbocycles. The highest BCUT2D eigenvalue weighted by Gasteiger charge is 2.27. The predicted molar refractivity (Wildman–Crippen MR) is 73.8 cm³/mol. The average Bonchev–Trinajstić information content (AvgIpc) is 2.89. The number of ether oxygens (including phenoxy) is 2. The fourth-order valence-corrected chi connectivity index (χ4v) is 1.50. The van der Waals surface area contributed by atoms with Crippen LogP contribution in [0.4, 0.5) is 0 Å². The summed E-state index contributed by atoms with van der Waals surface area (Å²) in [6.07, 6.45) is -0.0271. The molecule has 2 unspecified atom stereocenters. The third kappa shape index (κ3) is 5.19. The van der Waals surface area contributed by atoms with Gasteiger partial charge < -0.3 is 13.9 Å². The van der Waals surface area contributed by atoms with Crippen molar-refractivity contribution in [2.75, 3.05) is 0 Å². The Kier molecular flexibility index (Phi) is 6.55. The largest absolute Gasteiger partial charge is 0.542 e. The molecule has 0 amide bonds. The Hall–Kier alpha value is -2.38. The van der Waals surface area contributed by atoms with E-state index in [0.717, 1.165) is 6.42 Å². The number of nitrogens with zero attached hydrogens (tertiary/aromatic N) is 1. The van der Waals surface area contributed by atoms with Gasteiger partial charge in [-0.15, -0.1) is 0 Å². The van der Waals surface area contributed by atoms with Crippen molar-refractivity contribution < 1.29 is 28.0 Å². The summed E-state index contributed by atoms with van der Waals surface area (Å²) in [4.78, 5) is 34.2. The molecule has 1 heterocycles. The first-order valence-corrected chi connectivity index (χ1v) is 6.88. The van der Waals surface area contributed by atoms with E-state index in [0.29, 0.717) is 12.8 Å². The summed E-state index contributed by atoms with van der Waals surface area (Å²) in [7, 11) is 0. The summed E-state index contributed by atoms with van der Waals surface area (Å²) in [5.74, 6) is -2.57. The van der Waals surface area contributed by atoms with Gasteiger partial charge in [0.1, 0.15) is 0 Å². The lowest BCUT2D eigenvalue weighted by Crippen LogP contribution is -2.28. The number of carbonyl (C=O) groups excluding carboxylic acids is 2. The molecule has 0 spiro atoms. The summed E-state index contributed by atoms with van der Waals surface area (Å²) in [5, 5.41) is 3.42. The van der Waals surface area contributed by atoms with Gasteiger partial charge in [0.2, 0.25) is 0 Å². The monoisotopic (exact) mass is 313 g/mol. The normalized spacial score (nSPS) is 13.2. The molecule has 0 fully saturated rings. The van der Waals surface area contributed by atoms with Gasteiger partial charge in [-0.05, 0) is 31.8 Å². The minimum Gasteiger partial charge on any atom is -0.449 e. The molecule has 1 rings (SSSR count). The summed E-state index contributed by atoms with van der Waals surface area (Å²) >= 11 is 0. The second-order valence-electron chi connectivity index (χ2n) is 4.77. The van der Waals surface area contributed by atoms with Crippen molar-refractivity contribution in [2.24, 2.45) is 0 Å². The van der Waals surface area contributed by atoms with Gasteiger partial charge in [-0.1, -0.05) is 19.9 Å². The first-order chi connectivity index (χ1) is 10.3. The zero-order valence-electron chi connectivity index (χ0n) is 12.8. The van der Waals surface area contributed by atoms with Crippen molar-refractivity contribution in [3.05, 3.63) is 28.7 Å². The Balaban J connectivity index is 2.72. The highest BCUT2D eigenvalue weighted by Crippen LogP contribution is 2.22. The van der Waals surface area contributed by atoms with Crippen LogP contribution in [0, 0.1) is 0 Å². The van der Waals surface area contributed by atoms with Gasteiger partial charge in [-0.2, -0.15) is 0 Å². The molecule has 0 radical (unpaired) electrons. The van der Waals surface area contributed by atoms with E-state index < -0.39 is 30.0 Å². The topological polar surface area (TPSA) is 109 Å². The zero-order chi connectivity index (χ0) is 16.7. The van der Waals surface area contributed by atoms with Gasteiger partial charge in [-0.3, -0.25) is 4.52 Å². The minimum absolute atomic E-state index is 0.120.